The maximum atomic E-state index is 8.87. The molecule has 0 spiro atoms. The SMILES string of the molecule is OCc1ccc(-c2cccnn2)cc1. The van der Waals surface area contributed by atoms with Crippen molar-refractivity contribution in [3.63, 3.8) is 0 Å². The quantitative estimate of drug-likeness (QED) is 0.775. The summed E-state index contributed by atoms with van der Waals surface area (Å²) >= 11 is 0. The van der Waals surface area contributed by atoms with Gasteiger partial charge in [0.05, 0.1) is 12.3 Å². The monoisotopic (exact) mass is 186 g/mol. The van der Waals surface area contributed by atoms with Crippen LogP contribution in [0.25, 0.3) is 11.3 Å². The lowest BCUT2D eigenvalue weighted by Gasteiger charge is -2.00. The predicted octanol–water partition coefficient (Wildman–Crippen LogP) is 1.64. The van der Waals surface area contributed by atoms with Crippen molar-refractivity contribution in [2.75, 3.05) is 0 Å². The third-order valence-electron chi connectivity index (χ3n) is 2.00. The Labute approximate surface area is 82.1 Å². The molecule has 2 aromatic rings. The minimum atomic E-state index is 0.0702. The van der Waals surface area contributed by atoms with E-state index < -0.39 is 0 Å². The molecule has 3 nitrogen and oxygen atoms in total. The first-order valence-corrected chi connectivity index (χ1v) is 4.38. The van der Waals surface area contributed by atoms with Crippen molar-refractivity contribution in [3.05, 3.63) is 48.2 Å². The van der Waals surface area contributed by atoms with E-state index in [4.69, 9.17) is 5.11 Å². The third kappa shape index (κ3) is 1.78. The number of hydrogen-bond donors (Lipinski definition) is 1. The zero-order chi connectivity index (χ0) is 9.80. The molecule has 1 aromatic heterocycles. The highest BCUT2D eigenvalue weighted by atomic mass is 16.3. The maximum Gasteiger partial charge on any atom is 0.0929 e. The second-order valence-corrected chi connectivity index (χ2v) is 2.96. The number of rotatable bonds is 2. The van der Waals surface area contributed by atoms with Crippen molar-refractivity contribution in [1.82, 2.24) is 10.2 Å². The second-order valence-electron chi connectivity index (χ2n) is 2.96. The van der Waals surface area contributed by atoms with Gasteiger partial charge in [0.25, 0.3) is 0 Å². The number of benzene rings is 1. The molecule has 0 bridgehead atoms. The van der Waals surface area contributed by atoms with Crippen LogP contribution >= 0.6 is 0 Å². The molecule has 0 aliphatic carbocycles. The Balaban J connectivity index is 2.34. The van der Waals surface area contributed by atoms with E-state index in [1.165, 1.54) is 0 Å². The van der Waals surface area contributed by atoms with Gasteiger partial charge in [-0.3, -0.25) is 0 Å². The zero-order valence-electron chi connectivity index (χ0n) is 7.59. The lowest BCUT2D eigenvalue weighted by atomic mass is 10.1. The van der Waals surface area contributed by atoms with E-state index in [9.17, 15) is 0 Å². The molecule has 0 aliphatic heterocycles. The Morgan fingerprint density at radius 1 is 1.07 bits per heavy atom. The first-order chi connectivity index (χ1) is 6.90. The summed E-state index contributed by atoms with van der Waals surface area (Å²) in [5.74, 6) is 0. The topological polar surface area (TPSA) is 46.0 Å². The molecule has 3 heteroatoms. The Bertz CT molecular complexity index is 397. The van der Waals surface area contributed by atoms with Gasteiger partial charge < -0.3 is 5.11 Å². The Kier molecular flexibility index (Phi) is 2.51. The average molecular weight is 186 g/mol. The van der Waals surface area contributed by atoms with Crippen LogP contribution in [-0.4, -0.2) is 15.3 Å². The molecular formula is C11H10N2O. The fourth-order valence-electron chi connectivity index (χ4n) is 1.24. The van der Waals surface area contributed by atoms with Gasteiger partial charge in [0.2, 0.25) is 0 Å². The van der Waals surface area contributed by atoms with Crippen LogP contribution in [0.5, 0.6) is 0 Å². The summed E-state index contributed by atoms with van der Waals surface area (Å²) in [6.45, 7) is 0.0702. The number of nitrogens with zero attached hydrogens (tertiary/aromatic N) is 2. The molecule has 0 atom stereocenters. The normalized spacial score (nSPS) is 10.1. The Morgan fingerprint density at radius 2 is 1.86 bits per heavy atom. The van der Waals surface area contributed by atoms with E-state index in [0.717, 1.165) is 16.8 Å². The lowest BCUT2D eigenvalue weighted by Crippen LogP contribution is -1.87. The van der Waals surface area contributed by atoms with Crippen LogP contribution < -0.4 is 0 Å². The van der Waals surface area contributed by atoms with E-state index in [1.807, 2.05) is 36.4 Å². The number of hydrogen-bond acceptors (Lipinski definition) is 3. The molecule has 0 saturated heterocycles. The molecule has 70 valence electrons. The number of aromatic nitrogens is 2. The van der Waals surface area contributed by atoms with Crippen LogP contribution in [0.3, 0.4) is 0 Å². The molecule has 0 aliphatic rings. The fourth-order valence-corrected chi connectivity index (χ4v) is 1.24. The molecule has 0 saturated carbocycles. The van der Waals surface area contributed by atoms with Gasteiger partial charge in [-0.2, -0.15) is 10.2 Å². The average Bonchev–Trinajstić information content (AvgIpc) is 2.30. The van der Waals surface area contributed by atoms with E-state index in [-0.39, 0.29) is 6.61 Å². The van der Waals surface area contributed by atoms with Crippen molar-refractivity contribution >= 4 is 0 Å². The standard InChI is InChI=1S/C11H10N2O/c14-8-9-3-5-10(6-4-9)11-2-1-7-12-13-11/h1-7,14H,8H2. The first-order valence-electron chi connectivity index (χ1n) is 4.38. The highest BCUT2D eigenvalue weighted by molar-refractivity contribution is 5.58. The number of aliphatic hydroxyl groups is 1. The van der Waals surface area contributed by atoms with E-state index in [1.54, 1.807) is 6.20 Å². The van der Waals surface area contributed by atoms with E-state index >= 15 is 0 Å². The van der Waals surface area contributed by atoms with Gasteiger partial charge in [-0.1, -0.05) is 24.3 Å². The lowest BCUT2D eigenvalue weighted by molar-refractivity contribution is 0.282. The van der Waals surface area contributed by atoms with Gasteiger partial charge in [0.1, 0.15) is 0 Å². The Hall–Kier alpha value is -1.74. The van der Waals surface area contributed by atoms with Gasteiger partial charge in [0.15, 0.2) is 0 Å². The van der Waals surface area contributed by atoms with Crippen molar-refractivity contribution in [2.45, 2.75) is 6.61 Å². The highest BCUT2D eigenvalue weighted by Crippen LogP contribution is 2.15. The molecule has 14 heavy (non-hydrogen) atoms. The predicted molar refractivity (Wildman–Crippen MR) is 53.4 cm³/mol. The van der Waals surface area contributed by atoms with Gasteiger partial charge in [-0.25, -0.2) is 0 Å². The molecule has 1 aromatic carbocycles. The van der Waals surface area contributed by atoms with Crippen LogP contribution in [-0.2, 0) is 6.61 Å². The van der Waals surface area contributed by atoms with Crippen LogP contribution in [0, 0.1) is 0 Å². The second kappa shape index (κ2) is 3.98. The van der Waals surface area contributed by atoms with Crippen LogP contribution in [0.1, 0.15) is 5.56 Å². The van der Waals surface area contributed by atoms with Crippen molar-refractivity contribution in [3.8, 4) is 11.3 Å². The van der Waals surface area contributed by atoms with Crippen LogP contribution in [0.15, 0.2) is 42.6 Å². The first kappa shape index (κ1) is 8.84. The molecule has 0 radical (unpaired) electrons. The molecule has 1 N–H and O–H groups in total. The molecule has 0 unspecified atom stereocenters. The smallest absolute Gasteiger partial charge is 0.0929 e. The Morgan fingerprint density at radius 3 is 2.43 bits per heavy atom. The van der Waals surface area contributed by atoms with Gasteiger partial charge in [-0.15, -0.1) is 0 Å². The summed E-state index contributed by atoms with van der Waals surface area (Å²) in [7, 11) is 0. The van der Waals surface area contributed by atoms with Crippen molar-refractivity contribution in [2.24, 2.45) is 0 Å². The van der Waals surface area contributed by atoms with Gasteiger partial charge >= 0.3 is 0 Å². The summed E-state index contributed by atoms with van der Waals surface area (Å²) in [4.78, 5) is 0. The largest absolute Gasteiger partial charge is 0.392 e. The summed E-state index contributed by atoms with van der Waals surface area (Å²) < 4.78 is 0. The van der Waals surface area contributed by atoms with E-state index in [2.05, 4.69) is 10.2 Å². The molecular weight excluding hydrogens is 176 g/mol. The zero-order valence-corrected chi connectivity index (χ0v) is 7.59. The van der Waals surface area contributed by atoms with Crippen molar-refractivity contribution in [1.29, 1.82) is 0 Å². The minimum absolute atomic E-state index is 0.0702. The summed E-state index contributed by atoms with van der Waals surface area (Å²) in [6, 6.07) is 11.4. The summed E-state index contributed by atoms with van der Waals surface area (Å²) in [5.41, 5.74) is 2.75. The van der Waals surface area contributed by atoms with Crippen LogP contribution in [0.2, 0.25) is 0 Å². The maximum absolute atomic E-state index is 8.87. The highest BCUT2D eigenvalue weighted by Gasteiger charge is 1.97. The molecule has 1 heterocycles. The molecule has 0 fully saturated rings. The molecule has 0 amide bonds. The summed E-state index contributed by atoms with van der Waals surface area (Å²) in [6.07, 6.45) is 1.64. The van der Waals surface area contributed by atoms with Gasteiger partial charge in [-0.05, 0) is 17.7 Å². The third-order valence-corrected chi connectivity index (χ3v) is 2.00. The van der Waals surface area contributed by atoms with Gasteiger partial charge in [0, 0.05) is 11.8 Å². The van der Waals surface area contributed by atoms with Crippen molar-refractivity contribution < 1.29 is 5.11 Å². The minimum Gasteiger partial charge on any atom is -0.392 e. The fraction of sp³-hybridized carbons (Fsp3) is 0.0909. The van der Waals surface area contributed by atoms with Crippen LogP contribution in [0.4, 0.5) is 0 Å². The summed E-state index contributed by atoms with van der Waals surface area (Å²) in [5, 5.41) is 16.7. The molecule has 2 rings (SSSR count). The van der Waals surface area contributed by atoms with E-state index in [0.29, 0.717) is 0 Å². The number of aliphatic hydroxyl groups excluding tert-OH is 1.